The highest BCUT2D eigenvalue weighted by atomic mass is 16.6. The number of anilines is 2. The third-order valence-electron chi connectivity index (χ3n) is 2.45. The zero-order valence-electron chi connectivity index (χ0n) is 11.9. The molecule has 8 nitrogen and oxygen atoms in total. The fourth-order valence-corrected chi connectivity index (χ4v) is 1.44. The molecule has 2 amide bonds. The van der Waals surface area contributed by atoms with Gasteiger partial charge in [-0.2, -0.15) is 0 Å². The molecular formula is C14H16N2O6. The van der Waals surface area contributed by atoms with Crippen LogP contribution in [-0.4, -0.2) is 36.5 Å². The first-order chi connectivity index (χ1) is 10.4. The monoisotopic (exact) mass is 308 g/mol. The summed E-state index contributed by atoms with van der Waals surface area (Å²) in [7, 11) is 0. The molecule has 118 valence electrons. The van der Waals surface area contributed by atoms with Crippen molar-refractivity contribution in [2.45, 2.75) is 6.92 Å². The molecule has 8 heteroatoms. The number of benzene rings is 1. The van der Waals surface area contributed by atoms with E-state index in [-0.39, 0.29) is 13.2 Å². The molecule has 0 saturated carbocycles. The van der Waals surface area contributed by atoms with E-state index in [4.69, 9.17) is 9.84 Å². The summed E-state index contributed by atoms with van der Waals surface area (Å²) < 4.78 is 9.43. The first-order valence-electron chi connectivity index (χ1n) is 6.26. The lowest BCUT2D eigenvalue weighted by atomic mass is 10.2. The lowest BCUT2D eigenvalue weighted by Crippen LogP contribution is -2.18. The number of ether oxygens (including phenoxy) is 2. The molecule has 0 aromatic heterocycles. The zero-order valence-corrected chi connectivity index (χ0v) is 11.9. The minimum Gasteiger partial charge on any atom is -0.465 e. The summed E-state index contributed by atoms with van der Waals surface area (Å²) in [5.74, 6) is -0.605. The van der Waals surface area contributed by atoms with Gasteiger partial charge < -0.3 is 14.6 Å². The Hall–Kier alpha value is -3.03. The Bertz CT molecular complexity index is 585. The second-order valence-corrected chi connectivity index (χ2v) is 4.09. The van der Waals surface area contributed by atoms with Crippen LogP contribution in [0.3, 0.4) is 0 Å². The Labute approximate surface area is 126 Å². The van der Waals surface area contributed by atoms with Crippen molar-refractivity contribution in [3.05, 3.63) is 36.4 Å². The Morgan fingerprint density at radius 3 is 2.55 bits per heavy atom. The highest BCUT2D eigenvalue weighted by Gasteiger charge is 2.07. The van der Waals surface area contributed by atoms with E-state index in [0.717, 1.165) is 6.08 Å². The van der Waals surface area contributed by atoms with Crippen molar-refractivity contribution in [2.24, 2.45) is 0 Å². The Morgan fingerprint density at radius 2 is 1.91 bits per heavy atom. The fourth-order valence-electron chi connectivity index (χ4n) is 1.44. The minimum atomic E-state index is -1.20. The minimum absolute atomic E-state index is 0.0853. The van der Waals surface area contributed by atoms with Gasteiger partial charge in [0.15, 0.2) is 0 Å². The average Bonchev–Trinajstić information content (AvgIpc) is 2.46. The summed E-state index contributed by atoms with van der Waals surface area (Å²) >= 11 is 0. The van der Waals surface area contributed by atoms with E-state index in [1.165, 1.54) is 6.07 Å². The number of carboxylic acid groups (broad SMARTS) is 1. The summed E-state index contributed by atoms with van der Waals surface area (Å²) in [5.41, 5.74) is 1.42. The van der Waals surface area contributed by atoms with Crippen LogP contribution in [0.1, 0.15) is 5.56 Å². The molecule has 0 aliphatic heterocycles. The maximum atomic E-state index is 11.5. The van der Waals surface area contributed by atoms with Gasteiger partial charge in [0.25, 0.3) is 0 Å². The number of carbonyl (C=O) groups is 3. The number of hydrogen-bond donors (Lipinski definition) is 3. The first kappa shape index (κ1) is 17.0. The number of aryl methyl sites for hydroxylation is 1. The second-order valence-electron chi connectivity index (χ2n) is 4.09. The zero-order chi connectivity index (χ0) is 16.5. The van der Waals surface area contributed by atoms with E-state index in [1.807, 2.05) is 0 Å². The van der Waals surface area contributed by atoms with Gasteiger partial charge in [0.1, 0.15) is 13.2 Å². The molecule has 1 aromatic carbocycles. The van der Waals surface area contributed by atoms with Crippen molar-refractivity contribution in [1.29, 1.82) is 0 Å². The highest BCUT2D eigenvalue weighted by molar-refractivity contribution is 5.89. The molecule has 0 bridgehead atoms. The summed E-state index contributed by atoms with van der Waals surface area (Å²) in [6.07, 6.45) is -0.949. The van der Waals surface area contributed by atoms with Crippen LogP contribution >= 0.6 is 0 Å². The largest absolute Gasteiger partial charge is 0.465 e. The van der Waals surface area contributed by atoms with Gasteiger partial charge in [0.2, 0.25) is 0 Å². The van der Waals surface area contributed by atoms with Crippen LogP contribution < -0.4 is 10.6 Å². The van der Waals surface area contributed by atoms with Crippen LogP contribution in [0.2, 0.25) is 0 Å². The van der Waals surface area contributed by atoms with Crippen LogP contribution in [0.25, 0.3) is 0 Å². The van der Waals surface area contributed by atoms with Gasteiger partial charge in [-0.1, -0.05) is 12.6 Å². The average molecular weight is 308 g/mol. The summed E-state index contributed by atoms with van der Waals surface area (Å²) in [5, 5.41) is 13.3. The van der Waals surface area contributed by atoms with E-state index >= 15 is 0 Å². The van der Waals surface area contributed by atoms with Crippen molar-refractivity contribution in [1.82, 2.24) is 0 Å². The molecule has 22 heavy (non-hydrogen) atoms. The molecule has 0 aliphatic rings. The van der Waals surface area contributed by atoms with Crippen LogP contribution in [0.4, 0.5) is 21.0 Å². The standard InChI is InChI=1S/C14H16N2O6/c1-3-12(17)21-6-7-22-14(20)15-10-5-4-9(2)11(8-10)16-13(18)19/h3-5,8,16H,1,6-7H2,2H3,(H,15,20)(H,18,19). The van der Waals surface area contributed by atoms with E-state index in [0.29, 0.717) is 16.9 Å². The van der Waals surface area contributed by atoms with Gasteiger partial charge in [0.05, 0.1) is 0 Å². The number of hydrogen-bond acceptors (Lipinski definition) is 5. The number of nitrogens with one attached hydrogen (secondary N) is 2. The lowest BCUT2D eigenvalue weighted by Gasteiger charge is -2.10. The van der Waals surface area contributed by atoms with E-state index in [9.17, 15) is 14.4 Å². The third kappa shape index (κ3) is 5.95. The van der Waals surface area contributed by atoms with Crippen molar-refractivity contribution in [2.75, 3.05) is 23.8 Å². The molecule has 0 radical (unpaired) electrons. The molecular weight excluding hydrogens is 292 g/mol. The molecule has 0 spiro atoms. The maximum Gasteiger partial charge on any atom is 0.411 e. The number of amides is 2. The molecule has 0 atom stereocenters. The molecule has 0 saturated heterocycles. The van der Waals surface area contributed by atoms with Gasteiger partial charge in [-0.05, 0) is 24.6 Å². The van der Waals surface area contributed by atoms with Crippen molar-refractivity contribution in [3.8, 4) is 0 Å². The second kappa shape index (κ2) is 8.30. The first-order valence-corrected chi connectivity index (χ1v) is 6.26. The summed E-state index contributed by atoms with van der Waals surface area (Å²) in [6, 6.07) is 4.70. The molecule has 0 unspecified atom stereocenters. The third-order valence-corrected chi connectivity index (χ3v) is 2.45. The van der Waals surface area contributed by atoms with Gasteiger partial charge in [-0.25, -0.2) is 14.4 Å². The van der Waals surface area contributed by atoms with Crippen LogP contribution in [0.5, 0.6) is 0 Å². The topological polar surface area (TPSA) is 114 Å². The van der Waals surface area contributed by atoms with Crippen molar-refractivity contribution >= 4 is 29.5 Å². The van der Waals surface area contributed by atoms with E-state index in [1.54, 1.807) is 19.1 Å². The fraction of sp³-hybridized carbons (Fsp3) is 0.214. The Balaban J connectivity index is 2.48. The molecule has 3 N–H and O–H groups in total. The summed E-state index contributed by atoms with van der Waals surface area (Å²) in [4.78, 5) is 32.9. The van der Waals surface area contributed by atoms with E-state index in [2.05, 4.69) is 21.9 Å². The van der Waals surface area contributed by atoms with E-state index < -0.39 is 18.2 Å². The van der Waals surface area contributed by atoms with Gasteiger partial charge >= 0.3 is 18.2 Å². The number of carbonyl (C=O) groups excluding carboxylic acids is 2. The maximum absolute atomic E-state index is 11.5. The van der Waals surface area contributed by atoms with Crippen LogP contribution in [0, 0.1) is 6.92 Å². The molecule has 0 fully saturated rings. The molecule has 0 aliphatic carbocycles. The SMILES string of the molecule is C=CC(=O)OCCOC(=O)Nc1ccc(C)c(NC(=O)O)c1. The predicted octanol–water partition coefficient (Wildman–Crippen LogP) is 2.36. The number of rotatable bonds is 6. The quantitative estimate of drug-likeness (QED) is 0.422. The van der Waals surface area contributed by atoms with Gasteiger partial charge in [-0.15, -0.1) is 0 Å². The highest BCUT2D eigenvalue weighted by Crippen LogP contribution is 2.20. The Morgan fingerprint density at radius 1 is 1.23 bits per heavy atom. The summed E-state index contributed by atoms with van der Waals surface area (Å²) in [6.45, 7) is 4.75. The van der Waals surface area contributed by atoms with Gasteiger partial charge in [-0.3, -0.25) is 10.6 Å². The smallest absolute Gasteiger partial charge is 0.411 e. The molecule has 0 heterocycles. The lowest BCUT2D eigenvalue weighted by molar-refractivity contribution is -0.138. The van der Waals surface area contributed by atoms with Crippen molar-refractivity contribution < 1.29 is 29.0 Å². The van der Waals surface area contributed by atoms with Gasteiger partial charge in [0, 0.05) is 17.5 Å². The van der Waals surface area contributed by atoms with Crippen molar-refractivity contribution in [3.63, 3.8) is 0 Å². The predicted molar refractivity (Wildman–Crippen MR) is 79.0 cm³/mol. The molecule has 1 rings (SSSR count). The Kier molecular flexibility index (Phi) is 6.42. The van der Waals surface area contributed by atoms with Crippen LogP contribution in [0.15, 0.2) is 30.9 Å². The van der Waals surface area contributed by atoms with Crippen LogP contribution in [-0.2, 0) is 14.3 Å². The number of esters is 1. The molecule has 1 aromatic rings. The normalized spacial score (nSPS) is 9.50.